The molecular weight excluding hydrogens is 242 g/mol. The Morgan fingerprint density at radius 2 is 2.17 bits per heavy atom. The average molecular weight is 263 g/mol. The molecule has 0 amide bonds. The van der Waals surface area contributed by atoms with Gasteiger partial charge in [-0.25, -0.2) is 0 Å². The molecule has 1 aliphatic carbocycles. The molecule has 0 atom stereocenters. The molecule has 98 valence electrons. The van der Waals surface area contributed by atoms with Crippen LogP contribution in [0.25, 0.3) is 0 Å². The molecule has 1 saturated carbocycles. The third-order valence-corrected chi connectivity index (χ3v) is 4.15. The van der Waals surface area contributed by atoms with Crippen LogP contribution in [0.2, 0.25) is 0 Å². The lowest BCUT2D eigenvalue weighted by molar-refractivity contribution is 0.580. The Bertz CT molecular complexity index is 400. The maximum atomic E-state index is 7.51. The summed E-state index contributed by atoms with van der Waals surface area (Å²) in [4.78, 5) is 1.14. The molecule has 1 aromatic carbocycles. The fraction of sp³-hybridized carbons (Fsp3) is 0.500. The first-order valence-electron chi connectivity index (χ1n) is 6.55. The highest BCUT2D eigenvalue weighted by Gasteiger charge is 2.14. The first-order valence-corrected chi connectivity index (χ1v) is 7.37. The zero-order valence-corrected chi connectivity index (χ0v) is 11.6. The Morgan fingerprint density at radius 1 is 1.39 bits per heavy atom. The van der Waals surface area contributed by atoms with E-state index in [0.29, 0.717) is 0 Å². The van der Waals surface area contributed by atoms with Crippen LogP contribution in [0.1, 0.15) is 31.2 Å². The maximum Gasteiger partial charge on any atom is 0.0430 e. The minimum Gasteiger partial charge on any atom is -0.384 e. The third kappa shape index (κ3) is 3.50. The van der Waals surface area contributed by atoms with Gasteiger partial charge in [0.05, 0.1) is 0 Å². The largest absolute Gasteiger partial charge is 0.384 e. The van der Waals surface area contributed by atoms with Gasteiger partial charge in [-0.05, 0) is 56.0 Å². The van der Waals surface area contributed by atoms with Gasteiger partial charge in [0.25, 0.3) is 0 Å². The molecule has 18 heavy (non-hydrogen) atoms. The normalized spacial score (nSPS) is 15.8. The predicted octanol–water partition coefficient (Wildman–Crippen LogP) is 3.51. The number of benzene rings is 1. The van der Waals surface area contributed by atoms with E-state index in [2.05, 4.69) is 22.2 Å². The van der Waals surface area contributed by atoms with Gasteiger partial charge in [0, 0.05) is 28.9 Å². The van der Waals surface area contributed by atoms with Gasteiger partial charge in [-0.3, -0.25) is 4.72 Å². The van der Waals surface area contributed by atoms with Crippen molar-refractivity contribution in [2.75, 3.05) is 18.9 Å². The molecule has 0 aromatic heterocycles. The summed E-state index contributed by atoms with van der Waals surface area (Å²) < 4.78 is 3.05. The van der Waals surface area contributed by atoms with Gasteiger partial charge in [0.2, 0.25) is 0 Å². The van der Waals surface area contributed by atoms with Crippen molar-refractivity contribution < 1.29 is 0 Å². The van der Waals surface area contributed by atoms with E-state index in [4.69, 9.17) is 5.41 Å². The summed E-state index contributed by atoms with van der Waals surface area (Å²) in [6, 6.07) is 6.21. The van der Waals surface area contributed by atoms with Gasteiger partial charge in [-0.15, -0.1) is 0 Å². The van der Waals surface area contributed by atoms with E-state index in [0.717, 1.165) is 28.6 Å². The van der Waals surface area contributed by atoms with Crippen LogP contribution in [0.4, 0.5) is 5.69 Å². The van der Waals surface area contributed by atoms with E-state index < -0.39 is 0 Å². The first-order chi connectivity index (χ1) is 8.83. The molecule has 0 unspecified atom stereocenters. The molecule has 3 nitrogen and oxygen atoms in total. The number of hydrogen-bond acceptors (Lipinski definition) is 4. The SMILES string of the molecule is CNSc1ccc(NCC2CCCC2)c(C=N)c1. The molecule has 1 aliphatic rings. The lowest BCUT2D eigenvalue weighted by atomic mass is 10.1. The summed E-state index contributed by atoms with van der Waals surface area (Å²) in [5.74, 6) is 0.815. The van der Waals surface area contributed by atoms with Crippen molar-refractivity contribution in [2.24, 2.45) is 5.92 Å². The van der Waals surface area contributed by atoms with E-state index in [1.165, 1.54) is 31.9 Å². The first kappa shape index (κ1) is 13.4. The van der Waals surface area contributed by atoms with Crippen LogP contribution in [0.5, 0.6) is 0 Å². The molecule has 1 fully saturated rings. The second-order valence-electron chi connectivity index (χ2n) is 4.73. The van der Waals surface area contributed by atoms with Crippen molar-refractivity contribution in [3.63, 3.8) is 0 Å². The van der Waals surface area contributed by atoms with Crippen molar-refractivity contribution >= 4 is 23.8 Å². The number of rotatable bonds is 6. The summed E-state index contributed by atoms with van der Waals surface area (Å²) >= 11 is 1.58. The van der Waals surface area contributed by atoms with Crippen molar-refractivity contribution in [1.29, 1.82) is 5.41 Å². The standard InChI is InChI=1S/C14H21N3S/c1-16-18-13-6-7-14(12(8-13)9-15)17-10-11-4-2-3-5-11/h6-9,11,15-17H,2-5,10H2,1H3. The van der Waals surface area contributed by atoms with Crippen LogP contribution in [0, 0.1) is 11.3 Å². The fourth-order valence-corrected chi connectivity index (χ4v) is 3.03. The van der Waals surface area contributed by atoms with Gasteiger partial charge in [0.15, 0.2) is 0 Å². The summed E-state index contributed by atoms with van der Waals surface area (Å²) in [5, 5.41) is 11.0. The van der Waals surface area contributed by atoms with Gasteiger partial charge in [-0.1, -0.05) is 12.8 Å². The minimum absolute atomic E-state index is 0.815. The number of anilines is 1. The Hall–Kier alpha value is -1.00. The van der Waals surface area contributed by atoms with Gasteiger partial charge in [0.1, 0.15) is 0 Å². The molecule has 0 bridgehead atoms. The zero-order chi connectivity index (χ0) is 12.8. The van der Waals surface area contributed by atoms with Crippen LogP contribution in [-0.2, 0) is 0 Å². The lowest BCUT2D eigenvalue weighted by Crippen LogP contribution is -2.12. The highest BCUT2D eigenvalue weighted by molar-refractivity contribution is 7.97. The molecule has 0 aliphatic heterocycles. The quantitative estimate of drug-likeness (QED) is 0.544. The van der Waals surface area contributed by atoms with Gasteiger partial charge < -0.3 is 10.7 Å². The maximum absolute atomic E-state index is 7.51. The van der Waals surface area contributed by atoms with Crippen LogP contribution < -0.4 is 10.0 Å². The summed E-state index contributed by atoms with van der Waals surface area (Å²) in [5.41, 5.74) is 2.05. The Balaban J connectivity index is 1.99. The molecule has 0 radical (unpaired) electrons. The van der Waals surface area contributed by atoms with Crippen molar-refractivity contribution in [3.05, 3.63) is 23.8 Å². The van der Waals surface area contributed by atoms with Crippen LogP contribution in [0.15, 0.2) is 23.1 Å². The fourth-order valence-electron chi connectivity index (χ4n) is 2.47. The van der Waals surface area contributed by atoms with Crippen LogP contribution >= 0.6 is 11.9 Å². The van der Waals surface area contributed by atoms with E-state index in [1.54, 1.807) is 11.9 Å². The lowest BCUT2D eigenvalue weighted by Gasteiger charge is -2.14. The summed E-state index contributed by atoms with van der Waals surface area (Å²) in [7, 11) is 1.90. The van der Waals surface area contributed by atoms with Crippen molar-refractivity contribution in [3.8, 4) is 0 Å². The van der Waals surface area contributed by atoms with E-state index in [9.17, 15) is 0 Å². The molecule has 0 heterocycles. The second kappa shape index (κ2) is 6.81. The third-order valence-electron chi connectivity index (χ3n) is 3.45. The van der Waals surface area contributed by atoms with Gasteiger partial charge in [-0.2, -0.15) is 0 Å². The Kier molecular flexibility index (Phi) is 5.08. The average Bonchev–Trinajstić information content (AvgIpc) is 2.90. The molecule has 2 rings (SSSR count). The van der Waals surface area contributed by atoms with E-state index in [-0.39, 0.29) is 0 Å². The van der Waals surface area contributed by atoms with Gasteiger partial charge >= 0.3 is 0 Å². The highest BCUT2D eigenvalue weighted by Crippen LogP contribution is 2.26. The monoisotopic (exact) mass is 263 g/mol. The minimum atomic E-state index is 0.815. The smallest absolute Gasteiger partial charge is 0.0430 e. The molecule has 1 aromatic rings. The van der Waals surface area contributed by atoms with E-state index >= 15 is 0 Å². The number of hydrogen-bond donors (Lipinski definition) is 3. The Morgan fingerprint density at radius 3 is 2.83 bits per heavy atom. The summed E-state index contributed by atoms with van der Waals surface area (Å²) in [6.07, 6.45) is 6.88. The van der Waals surface area contributed by atoms with Crippen LogP contribution in [-0.4, -0.2) is 19.8 Å². The molecule has 0 saturated heterocycles. The van der Waals surface area contributed by atoms with E-state index in [1.807, 2.05) is 13.1 Å². The topological polar surface area (TPSA) is 47.9 Å². The van der Waals surface area contributed by atoms with Crippen molar-refractivity contribution in [2.45, 2.75) is 30.6 Å². The summed E-state index contributed by atoms with van der Waals surface area (Å²) in [6.45, 7) is 1.04. The zero-order valence-electron chi connectivity index (χ0n) is 10.8. The Labute approximate surface area is 113 Å². The molecule has 3 N–H and O–H groups in total. The number of nitrogens with one attached hydrogen (secondary N) is 3. The highest BCUT2D eigenvalue weighted by atomic mass is 32.2. The molecule has 4 heteroatoms. The molecular formula is C14H21N3S. The predicted molar refractivity (Wildman–Crippen MR) is 79.7 cm³/mol. The second-order valence-corrected chi connectivity index (χ2v) is 5.81. The van der Waals surface area contributed by atoms with Crippen molar-refractivity contribution in [1.82, 2.24) is 4.72 Å². The van der Waals surface area contributed by atoms with Crippen LogP contribution in [0.3, 0.4) is 0 Å². The molecule has 0 spiro atoms.